The molecule has 2 N–H and O–H groups in total. The molecular formula is C20H22N4O4S2. The SMILES string of the molecule is Cc1ccc(OCC(C)NS(=O)(=O)c2nnc(NC(=O)c3ccc(C)cc3)s2)cc1. The Morgan fingerprint density at radius 1 is 1.03 bits per heavy atom. The van der Waals surface area contributed by atoms with Crippen LogP contribution >= 0.6 is 11.3 Å². The molecule has 1 amide bonds. The third-order valence-corrected chi connectivity index (χ3v) is 6.84. The lowest BCUT2D eigenvalue weighted by atomic mass is 10.1. The predicted octanol–water partition coefficient (Wildman–Crippen LogP) is 3.15. The van der Waals surface area contributed by atoms with Crippen molar-refractivity contribution in [3.63, 3.8) is 0 Å². The molecule has 1 aromatic heterocycles. The van der Waals surface area contributed by atoms with E-state index in [0.717, 1.165) is 22.5 Å². The zero-order valence-corrected chi connectivity index (χ0v) is 18.4. The van der Waals surface area contributed by atoms with Crippen molar-refractivity contribution in [3.05, 3.63) is 65.2 Å². The number of ether oxygens (including phenoxy) is 1. The smallest absolute Gasteiger partial charge is 0.270 e. The molecule has 0 saturated carbocycles. The van der Waals surface area contributed by atoms with E-state index in [-0.39, 0.29) is 22.0 Å². The van der Waals surface area contributed by atoms with Crippen LogP contribution in [0.5, 0.6) is 5.75 Å². The molecule has 1 atom stereocenters. The largest absolute Gasteiger partial charge is 0.492 e. The molecule has 8 nitrogen and oxygen atoms in total. The zero-order valence-electron chi connectivity index (χ0n) is 16.7. The molecule has 0 bridgehead atoms. The molecule has 3 rings (SSSR count). The van der Waals surface area contributed by atoms with Crippen LogP contribution in [0, 0.1) is 13.8 Å². The number of aryl methyl sites for hydroxylation is 2. The van der Waals surface area contributed by atoms with Gasteiger partial charge in [0, 0.05) is 5.56 Å². The average Bonchev–Trinajstić information content (AvgIpc) is 3.17. The fourth-order valence-corrected chi connectivity index (χ4v) is 4.59. The lowest BCUT2D eigenvalue weighted by molar-refractivity contribution is 0.102. The number of rotatable bonds is 8. The number of carbonyl (C=O) groups excluding carboxylic acids is 1. The predicted molar refractivity (Wildman–Crippen MR) is 115 cm³/mol. The number of benzene rings is 2. The minimum absolute atomic E-state index is 0.101. The van der Waals surface area contributed by atoms with Crippen molar-refractivity contribution in [2.24, 2.45) is 0 Å². The molecule has 0 fully saturated rings. The summed E-state index contributed by atoms with van der Waals surface area (Å²) in [6.45, 7) is 5.73. The summed E-state index contributed by atoms with van der Waals surface area (Å²) in [6, 6.07) is 14.0. The number of hydrogen-bond donors (Lipinski definition) is 2. The first-order valence-electron chi connectivity index (χ1n) is 9.16. The molecule has 0 aliphatic rings. The van der Waals surface area contributed by atoms with Gasteiger partial charge in [0.2, 0.25) is 9.47 Å². The second-order valence-electron chi connectivity index (χ2n) is 6.84. The van der Waals surface area contributed by atoms with E-state index < -0.39 is 16.1 Å². The fourth-order valence-electron chi connectivity index (χ4n) is 2.45. The number of nitrogens with one attached hydrogen (secondary N) is 2. The normalized spacial score (nSPS) is 12.4. The Kier molecular flexibility index (Phi) is 6.80. The van der Waals surface area contributed by atoms with Crippen molar-refractivity contribution >= 4 is 32.4 Å². The minimum Gasteiger partial charge on any atom is -0.492 e. The highest BCUT2D eigenvalue weighted by Gasteiger charge is 2.23. The van der Waals surface area contributed by atoms with Gasteiger partial charge >= 0.3 is 0 Å². The molecule has 0 saturated heterocycles. The molecule has 3 aromatic rings. The first-order valence-corrected chi connectivity index (χ1v) is 11.5. The van der Waals surface area contributed by atoms with Gasteiger partial charge in [0.25, 0.3) is 15.9 Å². The van der Waals surface area contributed by atoms with Crippen molar-refractivity contribution in [2.45, 2.75) is 31.2 Å². The van der Waals surface area contributed by atoms with Crippen LogP contribution in [-0.2, 0) is 10.0 Å². The van der Waals surface area contributed by atoms with Crippen molar-refractivity contribution < 1.29 is 17.9 Å². The van der Waals surface area contributed by atoms with Gasteiger partial charge in [-0.05, 0) is 45.0 Å². The topological polar surface area (TPSA) is 110 Å². The van der Waals surface area contributed by atoms with Gasteiger partial charge in [-0.1, -0.05) is 46.7 Å². The first-order chi connectivity index (χ1) is 14.2. The average molecular weight is 447 g/mol. The molecular weight excluding hydrogens is 424 g/mol. The zero-order chi connectivity index (χ0) is 21.7. The minimum atomic E-state index is -3.89. The number of anilines is 1. The number of hydrogen-bond acceptors (Lipinski definition) is 7. The van der Waals surface area contributed by atoms with Crippen molar-refractivity contribution in [2.75, 3.05) is 11.9 Å². The highest BCUT2D eigenvalue weighted by molar-refractivity contribution is 7.91. The fraction of sp³-hybridized carbons (Fsp3) is 0.250. The molecule has 2 aromatic carbocycles. The summed E-state index contributed by atoms with van der Waals surface area (Å²) in [5.74, 6) is 0.270. The Bertz CT molecular complexity index is 1110. The van der Waals surface area contributed by atoms with Crippen molar-refractivity contribution in [1.82, 2.24) is 14.9 Å². The quantitative estimate of drug-likeness (QED) is 0.514. The van der Waals surface area contributed by atoms with Crippen LogP contribution in [0.25, 0.3) is 0 Å². The van der Waals surface area contributed by atoms with Gasteiger partial charge in [-0.25, -0.2) is 13.1 Å². The van der Waals surface area contributed by atoms with Crippen LogP contribution in [0.4, 0.5) is 5.13 Å². The van der Waals surface area contributed by atoms with E-state index >= 15 is 0 Å². The molecule has 0 spiro atoms. The van der Waals surface area contributed by atoms with Gasteiger partial charge in [0.15, 0.2) is 0 Å². The van der Waals surface area contributed by atoms with Gasteiger partial charge in [-0.3, -0.25) is 10.1 Å². The summed E-state index contributed by atoms with van der Waals surface area (Å²) in [4.78, 5) is 12.2. The molecule has 30 heavy (non-hydrogen) atoms. The molecule has 1 heterocycles. The third-order valence-electron chi connectivity index (χ3n) is 4.05. The van der Waals surface area contributed by atoms with E-state index in [0.29, 0.717) is 11.3 Å². The standard InChI is InChI=1S/C20H22N4O4S2/c1-13-4-8-16(9-5-13)18(25)21-19-22-23-20(29-19)30(26,27)24-15(3)12-28-17-10-6-14(2)7-11-17/h4-11,15,24H,12H2,1-3H3,(H,21,22,25). The molecule has 0 radical (unpaired) electrons. The van der Waals surface area contributed by atoms with Crippen LogP contribution in [0.1, 0.15) is 28.4 Å². The Balaban J connectivity index is 1.58. The Morgan fingerprint density at radius 2 is 1.63 bits per heavy atom. The number of nitrogens with zero attached hydrogens (tertiary/aromatic N) is 2. The number of aromatic nitrogens is 2. The summed E-state index contributed by atoms with van der Waals surface area (Å²) >= 11 is 0.779. The molecule has 0 aliphatic heterocycles. The van der Waals surface area contributed by atoms with Crippen molar-refractivity contribution in [1.29, 1.82) is 0 Å². The summed E-state index contributed by atoms with van der Waals surface area (Å²) in [5, 5.41) is 10.1. The maximum Gasteiger partial charge on any atom is 0.270 e. The van der Waals surface area contributed by atoms with E-state index in [1.54, 1.807) is 19.1 Å². The highest BCUT2D eigenvalue weighted by atomic mass is 32.2. The monoisotopic (exact) mass is 446 g/mol. The van der Waals surface area contributed by atoms with Gasteiger partial charge in [0.05, 0.1) is 6.04 Å². The summed E-state index contributed by atoms with van der Waals surface area (Å²) in [7, 11) is -3.89. The lowest BCUT2D eigenvalue weighted by Gasteiger charge is -2.14. The molecule has 1 unspecified atom stereocenters. The Morgan fingerprint density at radius 3 is 2.27 bits per heavy atom. The van der Waals surface area contributed by atoms with Gasteiger partial charge < -0.3 is 4.74 Å². The van der Waals surface area contributed by atoms with Crippen LogP contribution < -0.4 is 14.8 Å². The number of amides is 1. The van der Waals surface area contributed by atoms with Gasteiger partial charge in [0.1, 0.15) is 12.4 Å². The summed E-state index contributed by atoms with van der Waals surface area (Å²) < 4.78 is 32.9. The van der Waals surface area contributed by atoms with Gasteiger partial charge in [-0.15, -0.1) is 10.2 Å². The van der Waals surface area contributed by atoms with Crippen molar-refractivity contribution in [3.8, 4) is 5.75 Å². The Labute approximate surface area is 179 Å². The summed E-state index contributed by atoms with van der Waals surface area (Å²) in [6.07, 6.45) is 0. The second-order valence-corrected chi connectivity index (χ2v) is 9.70. The highest BCUT2D eigenvalue weighted by Crippen LogP contribution is 2.21. The van der Waals surface area contributed by atoms with E-state index in [1.807, 2.05) is 50.2 Å². The maximum atomic E-state index is 12.5. The molecule has 158 valence electrons. The van der Waals surface area contributed by atoms with Crippen LogP contribution in [-0.4, -0.2) is 37.2 Å². The Hall–Kier alpha value is -2.82. The molecule has 0 aliphatic carbocycles. The number of sulfonamides is 1. The van der Waals surface area contributed by atoms with Gasteiger partial charge in [-0.2, -0.15) is 0 Å². The van der Waals surface area contributed by atoms with Crippen LogP contribution in [0.3, 0.4) is 0 Å². The summed E-state index contributed by atoms with van der Waals surface area (Å²) in [5.41, 5.74) is 2.58. The molecule has 10 heteroatoms. The lowest BCUT2D eigenvalue weighted by Crippen LogP contribution is -2.36. The van der Waals surface area contributed by atoms with E-state index in [4.69, 9.17) is 4.74 Å². The maximum absolute atomic E-state index is 12.5. The van der Waals surface area contributed by atoms with E-state index in [9.17, 15) is 13.2 Å². The third kappa shape index (κ3) is 5.85. The second kappa shape index (κ2) is 9.33. The van der Waals surface area contributed by atoms with Crippen LogP contribution in [0.2, 0.25) is 0 Å². The first kappa shape index (κ1) is 21.9. The van der Waals surface area contributed by atoms with E-state index in [1.165, 1.54) is 0 Å². The van der Waals surface area contributed by atoms with E-state index in [2.05, 4.69) is 20.2 Å². The van der Waals surface area contributed by atoms with Crippen LogP contribution in [0.15, 0.2) is 52.9 Å². The number of carbonyl (C=O) groups is 1.